The number of hydrogen-bond donors (Lipinski definition) is 1. The standard InChI is InChI=1S/C26H23N3O2/c30-25(21-12-10-20(11-13-21)19-6-2-1-3-7-19)28-14-16-29(17-15-28)26(31)24-18-22-8-4-5-9-23(22)27-24/h1-13,18,27H,14-17H2. The van der Waals surface area contributed by atoms with Crippen molar-refractivity contribution in [1.29, 1.82) is 0 Å². The number of piperazine rings is 1. The molecule has 154 valence electrons. The van der Waals surface area contributed by atoms with Crippen LogP contribution in [0.1, 0.15) is 20.8 Å². The molecule has 5 nitrogen and oxygen atoms in total. The molecule has 0 spiro atoms. The number of aromatic amines is 1. The molecule has 5 heteroatoms. The molecule has 5 rings (SSSR count). The van der Waals surface area contributed by atoms with Gasteiger partial charge in [-0.05, 0) is 35.4 Å². The maximum Gasteiger partial charge on any atom is 0.270 e. The molecule has 1 saturated heterocycles. The fourth-order valence-electron chi connectivity index (χ4n) is 4.09. The number of rotatable bonds is 3. The zero-order valence-corrected chi connectivity index (χ0v) is 17.1. The molecule has 2 heterocycles. The maximum atomic E-state index is 12.9. The van der Waals surface area contributed by atoms with E-state index < -0.39 is 0 Å². The topological polar surface area (TPSA) is 56.4 Å². The fraction of sp³-hybridized carbons (Fsp3) is 0.154. The number of carbonyl (C=O) groups is 2. The molecule has 0 saturated carbocycles. The van der Waals surface area contributed by atoms with E-state index in [1.807, 2.05) is 82.6 Å². The Bertz CT molecular complexity index is 1190. The molecule has 1 aliphatic rings. The van der Waals surface area contributed by atoms with Gasteiger partial charge in [-0.2, -0.15) is 0 Å². The molecule has 1 aliphatic heterocycles. The van der Waals surface area contributed by atoms with Crippen LogP contribution in [0.5, 0.6) is 0 Å². The number of nitrogens with one attached hydrogen (secondary N) is 1. The van der Waals surface area contributed by atoms with Gasteiger partial charge in [0.05, 0.1) is 0 Å². The lowest BCUT2D eigenvalue weighted by molar-refractivity contribution is 0.0533. The maximum absolute atomic E-state index is 12.9. The Labute approximate surface area is 180 Å². The van der Waals surface area contributed by atoms with Gasteiger partial charge in [0.2, 0.25) is 0 Å². The van der Waals surface area contributed by atoms with E-state index in [9.17, 15) is 9.59 Å². The van der Waals surface area contributed by atoms with Gasteiger partial charge in [-0.15, -0.1) is 0 Å². The first-order chi connectivity index (χ1) is 15.2. The number of H-pyrrole nitrogens is 1. The Kier molecular flexibility index (Phi) is 5.00. The summed E-state index contributed by atoms with van der Waals surface area (Å²) in [6.07, 6.45) is 0. The molecule has 0 unspecified atom stereocenters. The third-order valence-electron chi connectivity index (χ3n) is 5.85. The third kappa shape index (κ3) is 3.82. The summed E-state index contributed by atoms with van der Waals surface area (Å²) in [7, 11) is 0. The lowest BCUT2D eigenvalue weighted by Crippen LogP contribution is -2.50. The highest BCUT2D eigenvalue weighted by Gasteiger charge is 2.26. The van der Waals surface area contributed by atoms with Gasteiger partial charge in [0.1, 0.15) is 5.69 Å². The number of hydrogen-bond acceptors (Lipinski definition) is 2. The highest BCUT2D eigenvalue weighted by molar-refractivity contribution is 5.98. The van der Waals surface area contributed by atoms with Crippen LogP contribution >= 0.6 is 0 Å². The Morgan fingerprint density at radius 1 is 0.645 bits per heavy atom. The molecule has 1 N–H and O–H groups in total. The first-order valence-electron chi connectivity index (χ1n) is 10.5. The van der Waals surface area contributed by atoms with Crippen molar-refractivity contribution >= 4 is 22.7 Å². The zero-order valence-electron chi connectivity index (χ0n) is 17.1. The molecule has 0 radical (unpaired) electrons. The second kappa shape index (κ2) is 8.11. The lowest BCUT2D eigenvalue weighted by Gasteiger charge is -2.34. The highest BCUT2D eigenvalue weighted by Crippen LogP contribution is 2.21. The molecule has 1 fully saturated rings. The zero-order chi connectivity index (χ0) is 21.2. The van der Waals surface area contributed by atoms with E-state index in [0.717, 1.165) is 22.0 Å². The van der Waals surface area contributed by atoms with Crippen LogP contribution in [-0.2, 0) is 0 Å². The van der Waals surface area contributed by atoms with Crippen LogP contribution in [0.2, 0.25) is 0 Å². The molecule has 31 heavy (non-hydrogen) atoms. The molecule has 4 aromatic rings. The molecule has 1 aromatic heterocycles. The van der Waals surface area contributed by atoms with E-state index in [0.29, 0.717) is 37.4 Å². The van der Waals surface area contributed by atoms with Crippen molar-refractivity contribution < 1.29 is 9.59 Å². The van der Waals surface area contributed by atoms with E-state index in [1.165, 1.54) is 0 Å². The normalized spacial score (nSPS) is 14.1. The van der Waals surface area contributed by atoms with E-state index in [2.05, 4.69) is 17.1 Å². The molecule has 2 amide bonds. The largest absolute Gasteiger partial charge is 0.351 e. The van der Waals surface area contributed by atoms with Crippen LogP contribution in [0.25, 0.3) is 22.0 Å². The minimum atomic E-state index is -0.0180. The van der Waals surface area contributed by atoms with Crippen LogP contribution in [0.3, 0.4) is 0 Å². The summed E-state index contributed by atoms with van der Waals surface area (Å²) >= 11 is 0. The molecule has 0 atom stereocenters. The smallest absolute Gasteiger partial charge is 0.270 e. The first kappa shape index (κ1) is 19.1. The number of nitrogens with zero attached hydrogens (tertiary/aromatic N) is 2. The minimum absolute atomic E-state index is 0.0114. The monoisotopic (exact) mass is 409 g/mol. The molecular weight excluding hydrogens is 386 g/mol. The van der Waals surface area contributed by atoms with Gasteiger partial charge in [-0.3, -0.25) is 9.59 Å². The van der Waals surface area contributed by atoms with E-state index in [-0.39, 0.29) is 11.8 Å². The highest BCUT2D eigenvalue weighted by atomic mass is 16.2. The van der Waals surface area contributed by atoms with Crippen molar-refractivity contribution in [2.75, 3.05) is 26.2 Å². The number of amides is 2. The van der Waals surface area contributed by atoms with E-state index in [4.69, 9.17) is 0 Å². The number of fused-ring (bicyclic) bond motifs is 1. The van der Waals surface area contributed by atoms with E-state index in [1.54, 1.807) is 0 Å². The summed E-state index contributed by atoms with van der Waals surface area (Å²) in [4.78, 5) is 32.6. The van der Waals surface area contributed by atoms with Gasteiger partial charge >= 0.3 is 0 Å². The van der Waals surface area contributed by atoms with Gasteiger partial charge in [0, 0.05) is 42.6 Å². The second-order valence-corrected chi connectivity index (χ2v) is 7.80. The van der Waals surface area contributed by atoms with Crippen molar-refractivity contribution in [1.82, 2.24) is 14.8 Å². The number of para-hydroxylation sites is 1. The van der Waals surface area contributed by atoms with Crippen molar-refractivity contribution in [2.24, 2.45) is 0 Å². The summed E-state index contributed by atoms with van der Waals surface area (Å²) in [5.41, 5.74) is 4.45. The average Bonchev–Trinajstić information content (AvgIpc) is 3.28. The summed E-state index contributed by atoms with van der Waals surface area (Å²) in [5, 5.41) is 1.03. The van der Waals surface area contributed by atoms with Crippen molar-refractivity contribution in [3.05, 3.63) is 96.2 Å². The third-order valence-corrected chi connectivity index (χ3v) is 5.85. The molecular formula is C26H23N3O2. The van der Waals surface area contributed by atoms with Crippen LogP contribution < -0.4 is 0 Å². The van der Waals surface area contributed by atoms with Crippen LogP contribution in [0.15, 0.2) is 84.9 Å². The molecule has 0 aliphatic carbocycles. The fourth-order valence-corrected chi connectivity index (χ4v) is 4.09. The van der Waals surface area contributed by atoms with E-state index >= 15 is 0 Å². The lowest BCUT2D eigenvalue weighted by atomic mass is 10.0. The number of carbonyl (C=O) groups excluding carboxylic acids is 2. The number of benzene rings is 3. The summed E-state index contributed by atoms with van der Waals surface area (Å²) in [6.45, 7) is 2.13. The Morgan fingerprint density at radius 3 is 1.90 bits per heavy atom. The Morgan fingerprint density at radius 2 is 1.23 bits per heavy atom. The minimum Gasteiger partial charge on any atom is -0.351 e. The van der Waals surface area contributed by atoms with Crippen molar-refractivity contribution in [2.45, 2.75) is 0 Å². The van der Waals surface area contributed by atoms with Crippen LogP contribution in [0.4, 0.5) is 0 Å². The van der Waals surface area contributed by atoms with Crippen LogP contribution in [0, 0.1) is 0 Å². The van der Waals surface area contributed by atoms with Crippen molar-refractivity contribution in [3.63, 3.8) is 0 Å². The SMILES string of the molecule is O=C(c1ccc(-c2ccccc2)cc1)N1CCN(C(=O)c2cc3ccccc3[nH]2)CC1. The predicted molar refractivity (Wildman–Crippen MR) is 122 cm³/mol. The first-order valence-corrected chi connectivity index (χ1v) is 10.5. The predicted octanol–water partition coefficient (Wildman–Crippen LogP) is 4.43. The quantitative estimate of drug-likeness (QED) is 0.544. The number of aromatic nitrogens is 1. The van der Waals surface area contributed by atoms with Gasteiger partial charge in [-0.25, -0.2) is 0 Å². The van der Waals surface area contributed by atoms with Gasteiger partial charge in [-0.1, -0.05) is 60.7 Å². The molecule has 3 aromatic carbocycles. The second-order valence-electron chi connectivity index (χ2n) is 7.80. The summed E-state index contributed by atoms with van der Waals surface area (Å²) in [6, 6.07) is 27.6. The van der Waals surface area contributed by atoms with Crippen molar-refractivity contribution in [3.8, 4) is 11.1 Å². The van der Waals surface area contributed by atoms with Gasteiger partial charge < -0.3 is 14.8 Å². The summed E-state index contributed by atoms with van der Waals surface area (Å²) < 4.78 is 0. The molecule has 0 bridgehead atoms. The van der Waals surface area contributed by atoms with Gasteiger partial charge in [0.15, 0.2) is 0 Å². The van der Waals surface area contributed by atoms with Crippen LogP contribution in [-0.4, -0.2) is 52.8 Å². The Hall–Kier alpha value is -3.86. The Balaban J connectivity index is 1.22. The van der Waals surface area contributed by atoms with Gasteiger partial charge in [0.25, 0.3) is 11.8 Å². The average molecular weight is 409 g/mol. The summed E-state index contributed by atoms with van der Waals surface area (Å²) in [5.74, 6) is -0.00663.